The number of benzene rings is 2. The molecule has 0 amide bonds. The largest absolute Gasteiger partial charge is 0.294 e. The van der Waals surface area contributed by atoms with Crippen molar-refractivity contribution in [3.8, 4) is 0 Å². The summed E-state index contributed by atoms with van der Waals surface area (Å²) in [6, 6.07) is 10.4. The van der Waals surface area contributed by atoms with Gasteiger partial charge in [-0.05, 0) is 54.2 Å². The summed E-state index contributed by atoms with van der Waals surface area (Å²) in [5.41, 5.74) is 4.21. The van der Waals surface area contributed by atoms with Crippen molar-refractivity contribution < 1.29 is 9.18 Å². The number of halogens is 2. The predicted molar refractivity (Wildman–Crippen MR) is 77.9 cm³/mol. The summed E-state index contributed by atoms with van der Waals surface area (Å²) in [5.74, 6) is -0.536. The van der Waals surface area contributed by atoms with Crippen LogP contribution in [0.4, 0.5) is 4.39 Å². The molecule has 0 radical (unpaired) electrons. The zero-order valence-corrected chi connectivity index (χ0v) is 11.7. The topological polar surface area (TPSA) is 17.1 Å². The molecule has 102 valence electrons. The van der Waals surface area contributed by atoms with Gasteiger partial charge >= 0.3 is 0 Å². The van der Waals surface area contributed by atoms with Gasteiger partial charge in [0, 0.05) is 12.0 Å². The van der Waals surface area contributed by atoms with Crippen LogP contribution in [-0.2, 0) is 19.3 Å². The number of hydrogen-bond donors (Lipinski definition) is 0. The highest BCUT2D eigenvalue weighted by molar-refractivity contribution is 6.31. The highest BCUT2D eigenvalue weighted by Gasteiger charge is 2.14. The van der Waals surface area contributed by atoms with Crippen LogP contribution in [0.2, 0.25) is 5.02 Å². The number of Topliss-reactive ketones (excluding diaryl/α,β-unsaturated/α-hetero) is 1. The maximum Gasteiger partial charge on any atom is 0.167 e. The fraction of sp³-hybridized carbons (Fsp3) is 0.235. The van der Waals surface area contributed by atoms with E-state index in [1.54, 1.807) is 0 Å². The third-order valence-electron chi connectivity index (χ3n) is 3.77. The molecule has 0 spiro atoms. The summed E-state index contributed by atoms with van der Waals surface area (Å²) in [6.45, 7) is 0. The molecule has 3 heteroatoms. The molecule has 0 aliphatic heterocycles. The minimum atomic E-state index is -0.499. The van der Waals surface area contributed by atoms with Crippen molar-refractivity contribution in [3.63, 3.8) is 0 Å². The smallest absolute Gasteiger partial charge is 0.167 e. The molecule has 1 aliphatic carbocycles. The van der Waals surface area contributed by atoms with Gasteiger partial charge in [-0.15, -0.1) is 0 Å². The maximum absolute atomic E-state index is 13.1. The maximum atomic E-state index is 13.1. The first-order valence-corrected chi connectivity index (χ1v) is 7.10. The second kappa shape index (κ2) is 5.37. The Morgan fingerprint density at radius 3 is 2.70 bits per heavy atom. The lowest BCUT2D eigenvalue weighted by molar-refractivity contribution is 0.0993. The molecular weight excluding hydrogens is 275 g/mol. The number of carbonyl (C=O) groups is 1. The Hall–Kier alpha value is -1.67. The summed E-state index contributed by atoms with van der Waals surface area (Å²) in [4.78, 5) is 12.2. The van der Waals surface area contributed by atoms with Crippen LogP contribution in [0.5, 0.6) is 0 Å². The van der Waals surface area contributed by atoms with E-state index >= 15 is 0 Å². The summed E-state index contributed by atoms with van der Waals surface area (Å²) in [7, 11) is 0. The first kappa shape index (κ1) is 13.3. The number of carbonyl (C=O) groups excluding carboxylic acids is 1. The Bertz CT molecular complexity index is 679. The van der Waals surface area contributed by atoms with Gasteiger partial charge in [0.2, 0.25) is 0 Å². The molecule has 0 atom stereocenters. The number of hydrogen-bond acceptors (Lipinski definition) is 1. The highest BCUT2D eigenvalue weighted by atomic mass is 35.5. The standard InChI is InChI=1S/C17H14ClFO/c18-15-10-14(6-7-16(15)19)17(20)9-11-4-5-12-2-1-3-13(12)8-11/h4-8,10H,1-3,9H2. The molecule has 0 unspecified atom stereocenters. The Morgan fingerprint density at radius 1 is 1.10 bits per heavy atom. The van der Waals surface area contributed by atoms with Crippen LogP contribution in [0.15, 0.2) is 36.4 Å². The number of ketones is 1. The average Bonchev–Trinajstić information content (AvgIpc) is 2.89. The molecule has 2 aromatic carbocycles. The number of fused-ring (bicyclic) bond motifs is 1. The van der Waals surface area contributed by atoms with Gasteiger partial charge < -0.3 is 0 Å². The SMILES string of the molecule is O=C(Cc1ccc2c(c1)CCC2)c1ccc(F)c(Cl)c1. The number of aryl methyl sites for hydroxylation is 2. The third kappa shape index (κ3) is 2.61. The summed E-state index contributed by atoms with van der Waals surface area (Å²) in [6.07, 6.45) is 3.76. The molecular formula is C17H14ClFO. The van der Waals surface area contributed by atoms with E-state index in [2.05, 4.69) is 12.1 Å². The molecule has 0 saturated carbocycles. The van der Waals surface area contributed by atoms with Gasteiger partial charge in [-0.1, -0.05) is 29.8 Å². The van der Waals surface area contributed by atoms with Crippen molar-refractivity contribution >= 4 is 17.4 Å². The average molecular weight is 289 g/mol. The molecule has 2 aromatic rings. The van der Waals surface area contributed by atoms with Crippen LogP contribution >= 0.6 is 11.6 Å². The molecule has 0 heterocycles. The Morgan fingerprint density at radius 2 is 1.90 bits per heavy atom. The lowest BCUT2D eigenvalue weighted by Gasteiger charge is -2.05. The Labute approximate surface area is 122 Å². The first-order valence-electron chi connectivity index (χ1n) is 6.72. The second-order valence-electron chi connectivity index (χ2n) is 5.19. The van der Waals surface area contributed by atoms with Gasteiger partial charge in [0.1, 0.15) is 5.82 Å². The lowest BCUT2D eigenvalue weighted by Crippen LogP contribution is -2.04. The minimum absolute atomic E-state index is 0.00944. The molecule has 0 fully saturated rings. The van der Waals surface area contributed by atoms with Gasteiger partial charge in [-0.25, -0.2) is 4.39 Å². The van der Waals surface area contributed by atoms with Crippen LogP contribution in [0.25, 0.3) is 0 Å². The Balaban J connectivity index is 1.80. The van der Waals surface area contributed by atoms with Crippen molar-refractivity contribution in [2.75, 3.05) is 0 Å². The third-order valence-corrected chi connectivity index (χ3v) is 4.06. The normalized spacial score (nSPS) is 13.3. The zero-order chi connectivity index (χ0) is 14.1. The molecule has 1 nitrogen and oxygen atoms in total. The van der Waals surface area contributed by atoms with Crippen molar-refractivity contribution in [2.45, 2.75) is 25.7 Å². The van der Waals surface area contributed by atoms with Gasteiger partial charge in [-0.3, -0.25) is 4.79 Å². The molecule has 20 heavy (non-hydrogen) atoms. The molecule has 0 saturated heterocycles. The first-order chi connectivity index (χ1) is 9.63. The quantitative estimate of drug-likeness (QED) is 0.766. The molecule has 0 bridgehead atoms. The van der Waals surface area contributed by atoms with E-state index in [1.165, 1.54) is 35.7 Å². The highest BCUT2D eigenvalue weighted by Crippen LogP contribution is 2.24. The van der Waals surface area contributed by atoms with E-state index in [0.717, 1.165) is 18.4 Å². The van der Waals surface area contributed by atoms with E-state index in [9.17, 15) is 9.18 Å². The fourth-order valence-electron chi connectivity index (χ4n) is 2.69. The lowest BCUT2D eigenvalue weighted by atomic mass is 9.99. The predicted octanol–water partition coefficient (Wildman–Crippen LogP) is 4.39. The monoisotopic (exact) mass is 288 g/mol. The molecule has 1 aliphatic rings. The summed E-state index contributed by atoms with van der Waals surface area (Å²) >= 11 is 5.71. The van der Waals surface area contributed by atoms with Crippen molar-refractivity contribution in [2.24, 2.45) is 0 Å². The Kier molecular flexibility index (Phi) is 3.58. The molecule has 0 N–H and O–H groups in total. The number of rotatable bonds is 3. The van der Waals surface area contributed by atoms with Crippen LogP contribution in [0.3, 0.4) is 0 Å². The van der Waals surface area contributed by atoms with E-state index < -0.39 is 5.82 Å². The van der Waals surface area contributed by atoms with Crippen molar-refractivity contribution in [3.05, 3.63) is 69.5 Å². The zero-order valence-electron chi connectivity index (χ0n) is 11.0. The van der Waals surface area contributed by atoms with Crippen LogP contribution in [-0.4, -0.2) is 5.78 Å². The molecule has 3 rings (SSSR count). The van der Waals surface area contributed by atoms with E-state index in [-0.39, 0.29) is 10.8 Å². The second-order valence-corrected chi connectivity index (χ2v) is 5.59. The van der Waals surface area contributed by atoms with Crippen LogP contribution < -0.4 is 0 Å². The van der Waals surface area contributed by atoms with Gasteiger partial charge in [0.25, 0.3) is 0 Å². The van der Waals surface area contributed by atoms with Gasteiger partial charge in [0.05, 0.1) is 5.02 Å². The summed E-state index contributed by atoms with van der Waals surface area (Å²) < 4.78 is 13.1. The van der Waals surface area contributed by atoms with E-state index in [0.29, 0.717) is 12.0 Å². The van der Waals surface area contributed by atoms with Crippen LogP contribution in [0, 0.1) is 5.82 Å². The van der Waals surface area contributed by atoms with Crippen LogP contribution in [0.1, 0.15) is 33.5 Å². The van der Waals surface area contributed by atoms with Gasteiger partial charge in [0.15, 0.2) is 5.78 Å². The summed E-state index contributed by atoms with van der Waals surface area (Å²) in [5, 5.41) is -0.00944. The van der Waals surface area contributed by atoms with Crippen molar-refractivity contribution in [1.29, 1.82) is 0 Å². The van der Waals surface area contributed by atoms with Gasteiger partial charge in [-0.2, -0.15) is 0 Å². The van der Waals surface area contributed by atoms with Crippen molar-refractivity contribution in [1.82, 2.24) is 0 Å². The fourth-order valence-corrected chi connectivity index (χ4v) is 2.87. The minimum Gasteiger partial charge on any atom is -0.294 e. The molecule has 0 aromatic heterocycles. The van der Waals surface area contributed by atoms with E-state index in [1.807, 2.05) is 6.07 Å². The van der Waals surface area contributed by atoms with E-state index in [4.69, 9.17) is 11.6 Å².